The number of hydrogen-bond donors (Lipinski definition) is 2. The van der Waals surface area contributed by atoms with E-state index in [0.717, 1.165) is 11.0 Å². The quantitative estimate of drug-likeness (QED) is 0.190. The third kappa shape index (κ3) is 6.40. The average molecular weight is 361 g/mol. The molecule has 25 heavy (non-hydrogen) atoms. The smallest absolute Gasteiger partial charge is 0.302 e. The van der Waals surface area contributed by atoms with Crippen LogP contribution in [-0.2, 0) is 14.3 Å². The maximum absolute atomic E-state index is 10.6. The van der Waals surface area contributed by atoms with E-state index in [2.05, 4.69) is 25.8 Å². The van der Waals surface area contributed by atoms with Crippen LogP contribution in [0.1, 0.15) is 19.5 Å². The Morgan fingerprint density at radius 3 is 2.76 bits per heavy atom. The lowest BCUT2D eigenvalue weighted by Crippen LogP contribution is -2.34. The molecule has 0 fully saturated rings. The number of thiocarbonyl (C=S) groups is 1. The predicted molar refractivity (Wildman–Crippen MR) is 98.1 cm³/mol. The van der Waals surface area contributed by atoms with Crippen molar-refractivity contribution in [3.05, 3.63) is 36.2 Å². The number of rotatable bonds is 7. The van der Waals surface area contributed by atoms with E-state index in [4.69, 9.17) is 21.7 Å². The molecule has 0 aliphatic carbocycles. The fourth-order valence-electron chi connectivity index (χ4n) is 1.80. The fourth-order valence-corrected chi connectivity index (χ4v) is 1.90. The molecule has 132 valence electrons. The van der Waals surface area contributed by atoms with Crippen molar-refractivity contribution in [3.8, 4) is 0 Å². The molecule has 0 atom stereocenters. The highest BCUT2D eigenvalue weighted by atomic mass is 32.1. The Kier molecular flexibility index (Phi) is 7.17. The van der Waals surface area contributed by atoms with E-state index in [1.165, 1.54) is 6.92 Å². The summed E-state index contributed by atoms with van der Waals surface area (Å²) in [7, 11) is 0. The van der Waals surface area contributed by atoms with Crippen LogP contribution < -0.4 is 10.7 Å². The molecule has 0 bridgehead atoms. The number of ether oxygens (including phenoxy) is 2. The van der Waals surface area contributed by atoms with Crippen molar-refractivity contribution in [2.45, 2.75) is 13.8 Å². The molecular formula is C16H19N5O3S. The van der Waals surface area contributed by atoms with Gasteiger partial charge in [-0.25, -0.2) is 4.98 Å². The first-order valence-electron chi connectivity index (χ1n) is 7.57. The number of hydrogen-bond acceptors (Lipinski definition) is 7. The van der Waals surface area contributed by atoms with Crippen molar-refractivity contribution in [2.24, 2.45) is 5.10 Å². The molecule has 2 N–H and O–H groups in total. The number of hydrazone groups is 1. The monoisotopic (exact) mass is 361 g/mol. The molecule has 0 saturated carbocycles. The van der Waals surface area contributed by atoms with Crippen LogP contribution >= 0.6 is 12.2 Å². The van der Waals surface area contributed by atoms with Crippen LogP contribution in [0.4, 0.5) is 0 Å². The lowest BCUT2D eigenvalue weighted by atomic mass is 10.2. The Hall–Kier alpha value is -2.65. The van der Waals surface area contributed by atoms with Crippen molar-refractivity contribution in [1.82, 2.24) is 20.7 Å². The van der Waals surface area contributed by atoms with Crippen LogP contribution in [-0.4, -0.2) is 46.7 Å². The molecule has 8 nitrogen and oxygen atoms in total. The number of esters is 1. The molecule has 9 heteroatoms. The molecule has 0 radical (unpaired) electrons. The van der Waals surface area contributed by atoms with Gasteiger partial charge in [0.2, 0.25) is 0 Å². The highest BCUT2D eigenvalue weighted by molar-refractivity contribution is 7.80. The zero-order chi connectivity index (χ0) is 18.1. The van der Waals surface area contributed by atoms with Crippen LogP contribution in [0.5, 0.6) is 0 Å². The molecule has 2 aromatic rings. The number of para-hydroxylation sites is 2. The number of benzene rings is 1. The summed E-state index contributed by atoms with van der Waals surface area (Å²) in [5.74, 6) is -0.338. The third-order valence-corrected chi connectivity index (χ3v) is 3.25. The summed E-state index contributed by atoms with van der Waals surface area (Å²) in [6.07, 6.45) is 1.66. The van der Waals surface area contributed by atoms with Gasteiger partial charge in [-0.3, -0.25) is 15.2 Å². The molecule has 1 aromatic carbocycles. The van der Waals surface area contributed by atoms with Gasteiger partial charge in [0.15, 0.2) is 5.11 Å². The van der Waals surface area contributed by atoms with E-state index in [-0.39, 0.29) is 25.9 Å². The molecule has 2 rings (SSSR count). The first-order valence-corrected chi connectivity index (χ1v) is 7.98. The van der Waals surface area contributed by atoms with E-state index in [9.17, 15) is 4.79 Å². The standard InChI is InChI=1S/C16H19N5O3S/c1-11(15-9-17-13-5-3-4-6-14(13)19-15)20-21-16(25)18-10-23-7-8-24-12(2)22/h3-6,9H,7-8,10H2,1-2H3,(H2,18,21,25). The van der Waals surface area contributed by atoms with Crippen LogP contribution in [0.25, 0.3) is 11.0 Å². The Labute approximate surface area is 150 Å². The molecule has 0 amide bonds. The average Bonchev–Trinajstić information content (AvgIpc) is 2.61. The summed E-state index contributed by atoms with van der Waals surface area (Å²) in [5, 5.41) is 7.30. The van der Waals surface area contributed by atoms with Crippen LogP contribution in [0, 0.1) is 0 Å². The molecule has 0 aliphatic rings. The molecular weight excluding hydrogens is 342 g/mol. The number of aromatic nitrogens is 2. The summed E-state index contributed by atoms with van der Waals surface area (Å²) in [5.41, 5.74) is 5.65. The van der Waals surface area contributed by atoms with Gasteiger partial charge in [-0.1, -0.05) is 12.1 Å². The molecule has 0 spiro atoms. The third-order valence-electron chi connectivity index (χ3n) is 3.01. The van der Waals surface area contributed by atoms with Crippen LogP contribution in [0.2, 0.25) is 0 Å². The van der Waals surface area contributed by atoms with E-state index < -0.39 is 0 Å². The highest BCUT2D eigenvalue weighted by Gasteiger charge is 2.03. The predicted octanol–water partition coefficient (Wildman–Crippen LogP) is 1.36. The van der Waals surface area contributed by atoms with E-state index in [1.54, 1.807) is 6.20 Å². The van der Waals surface area contributed by atoms with E-state index >= 15 is 0 Å². The molecule has 1 heterocycles. The van der Waals surface area contributed by atoms with Gasteiger partial charge in [-0.2, -0.15) is 5.10 Å². The first-order chi connectivity index (χ1) is 12.1. The maximum atomic E-state index is 10.6. The zero-order valence-electron chi connectivity index (χ0n) is 14.0. The van der Waals surface area contributed by atoms with Gasteiger partial charge < -0.3 is 14.8 Å². The van der Waals surface area contributed by atoms with Gasteiger partial charge in [-0.15, -0.1) is 0 Å². The van der Waals surface area contributed by atoms with Gasteiger partial charge in [0.1, 0.15) is 19.0 Å². The van der Waals surface area contributed by atoms with Crippen LogP contribution in [0.3, 0.4) is 0 Å². The molecule has 0 saturated heterocycles. The molecule has 0 unspecified atom stereocenters. The minimum Gasteiger partial charge on any atom is -0.463 e. The summed E-state index contributed by atoms with van der Waals surface area (Å²) < 4.78 is 9.94. The second-order valence-corrected chi connectivity index (χ2v) is 5.36. The Morgan fingerprint density at radius 2 is 2.00 bits per heavy atom. The van der Waals surface area contributed by atoms with Crippen molar-refractivity contribution in [3.63, 3.8) is 0 Å². The number of carbonyl (C=O) groups excluding carboxylic acids is 1. The minimum atomic E-state index is -0.338. The largest absolute Gasteiger partial charge is 0.463 e. The number of fused-ring (bicyclic) bond motifs is 1. The Bertz CT molecular complexity index is 781. The summed E-state index contributed by atoms with van der Waals surface area (Å²) >= 11 is 5.09. The van der Waals surface area contributed by atoms with Gasteiger partial charge in [0.05, 0.1) is 29.5 Å². The topological polar surface area (TPSA) is 97.7 Å². The van der Waals surface area contributed by atoms with E-state index in [0.29, 0.717) is 16.5 Å². The Morgan fingerprint density at radius 1 is 1.24 bits per heavy atom. The maximum Gasteiger partial charge on any atom is 0.302 e. The molecule has 0 aliphatic heterocycles. The second-order valence-electron chi connectivity index (χ2n) is 4.95. The van der Waals surface area contributed by atoms with Crippen molar-refractivity contribution in [1.29, 1.82) is 0 Å². The fraction of sp³-hybridized carbons (Fsp3) is 0.312. The van der Waals surface area contributed by atoms with Crippen molar-refractivity contribution in [2.75, 3.05) is 19.9 Å². The zero-order valence-corrected chi connectivity index (χ0v) is 14.8. The van der Waals surface area contributed by atoms with Crippen molar-refractivity contribution >= 4 is 40.0 Å². The lowest BCUT2D eigenvalue weighted by molar-refractivity contribution is -0.142. The van der Waals surface area contributed by atoms with E-state index in [1.807, 2.05) is 31.2 Å². The van der Waals surface area contributed by atoms with Crippen LogP contribution in [0.15, 0.2) is 35.6 Å². The normalized spacial score (nSPS) is 11.2. The second kappa shape index (κ2) is 9.60. The first kappa shape index (κ1) is 18.7. The van der Waals surface area contributed by atoms with Gasteiger partial charge in [-0.05, 0) is 31.3 Å². The lowest BCUT2D eigenvalue weighted by Gasteiger charge is -2.09. The summed E-state index contributed by atoms with van der Waals surface area (Å²) in [6.45, 7) is 3.82. The summed E-state index contributed by atoms with van der Waals surface area (Å²) in [4.78, 5) is 19.4. The number of nitrogens with one attached hydrogen (secondary N) is 2. The van der Waals surface area contributed by atoms with Crippen molar-refractivity contribution < 1.29 is 14.3 Å². The molecule has 1 aromatic heterocycles. The van der Waals surface area contributed by atoms with Gasteiger partial charge in [0.25, 0.3) is 0 Å². The Balaban J connectivity index is 1.77. The SMILES string of the molecule is CC(=O)OCCOCNC(=S)NN=C(C)c1cnc2ccccc2n1. The summed E-state index contributed by atoms with van der Waals surface area (Å²) in [6, 6.07) is 7.62. The highest BCUT2D eigenvalue weighted by Crippen LogP contribution is 2.08. The van der Waals surface area contributed by atoms with Gasteiger partial charge >= 0.3 is 5.97 Å². The number of carbonyl (C=O) groups is 1. The number of nitrogens with zero attached hydrogens (tertiary/aromatic N) is 3. The minimum absolute atomic E-state index is 0.178. The van der Waals surface area contributed by atoms with Gasteiger partial charge in [0, 0.05) is 6.92 Å².